The number of rotatable bonds is 6. The van der Waals surface area contributed by atoms with Crippen LogP contribution in [0.1, 0.15) is 12.5 Å². The molecule has 2 aromatic carbocycles. The van der Waals surface area contributed by atoms with Crippen molar-refractivity contribution in [2.45, 2.75) is 24.3 Å². The molecule has 140 valence electrons. The molecule has 0 saturated heterocycles. The third kappa shape index (κ3) is 4.06. The van der Waals surface area contributed by atoms with Gasteiger partial charge in [0.25, 0.3) is 0 Å². The van der Waals surface area contributed by atoms with Gasteiger partial charge in [-0.05, 0) is 37.6 Å². The quantitative estimate of drug-likeness (QED) is 0.502. The number of nitrogens with zero attached hydrogens (tertiary/aromatic N) is 3. The van der Waals surface area contributed by atoms with E-state index in [1.54, 1.807) is 14.0 Å². The molecule has 1 heterocycles. The van der Waals surface area contributed by atoms with Gasteiger partial charge < -0.3 is 15.9 Å². The average molecular weight is 383 g/mol. The van der Waals surface area contributed by atoms with Crippen LogP contribution in [-0.4, -0.2) is 33.1 Å². The highest BCUT2D eigenvalue weighted by Crippen LogP contribution is 2.30. The first kappa shape index (κ1) is 18.8. The summed E-state index contributed by atoms with van der Waals surface area (Å²) in [7, 11) is 1.59. The van der Waals surface area contributed by atoms with Gasteiger partial charge in [-0.25, -0.2) is 4.68 Å². The van der Waals surface area contributed by atoms with Crippen LogP contribution in [-0.2, 0) is 4.79 Å². The largest absolute Gasteiger partial charge is 0.496 e. The molecular weight excluding hydrogens is 362 g/mol. The summed E-state index contributed by atoms with van der Waals surface area (Å²) in [6.45, 7) is 3.75. The Morgan fingerprint density at radius 1 is 1.19 bits per heavy atom. The van der Waals surface area contributed by atoms with E-state index in [1.807, 2.05) is 55.5 Å². The molecule has 0 aliphatic carbocycles. The fourth-order valence-electron chi connectivity index (χ4n) is 2.53. The minimum absolute atomic E-state index is 0.129. The highest BCUT2D eigenvalue weighted by atomic mass is 32.2. The summed E-state index contributed by atoms with van der Waals surface area (Å²) in [6.07, 6.45) is 0. The molecule has 3 rings (SSSR count). The first-order valence-corrected chi connectivity index (χ1v) is 9.26. The van der Waals surface area contributed by atoms with Crippen LogP contribution in [0.3, 0.4) is 0 Å². The summed E-state index contributed by atoms with van der Waals surface area (Å²) in [4.78, 5) is 12.5. The number of anilines is 1. The van der Waals surface area contributed by atoms with Gasteiger partial charge in [0, 0.05) is 5.69 Å². The van der Waals surface area contributed by atoms with E-state index in [-0.39, 0.29) is 5.91 Å². The summed E-state index contributed by atoms with van der Waals surface area (Å²) in [5, 5.41) is 11.3. The fraction of sp³-hybridized carbons (Fsp3) is 0.211. The fourth-order valence-corrected chi connectivity index (χ4v) is 3.30. The molecule has 0 radical (unpaired) electrons. The molecule has 8 heteroatoms. The van der Waals surface area contributed by atoms with E-state index < -0.39 is 5.25 Å². The Morgan fingerprint density at radius 2 is 1.89 bits per heavy atom. The number of aromatic nitrogens is 3. The number of benzene rings is 2. The maximum absolute atomic E-state index is 12.5. The molecule has 3 N–H and O–H groups in total. The highest BCUT2D eigenvalue weighted by Gasteiger charge is 2.21. The van der Waals surface area contributed by atoms with E-state index in [9.17, 15) is 4.79 Å². The van der Waals surface area contributed by atoms with Gasteiger partial charge in [-0.3, -0.25) is 4.79 Å². The first-order valence-electron chi connectivity index (χ1n) is 8.38. The Kier molecular flexibility index (Phi) is 5.66. The Balaban J connectivity index is 1.75. The normalized spacial score (nSPS) is 11.8. The van der Waals surface area contributed by atoms with E-state index in [1.165, 1.54) is 16.4 Å². The van der Waals surface area contributed by atoms with Crippen LogP contribution in [0.2, 0.25) is 0 Å². The maximum Gasteiger partial charge on any atom is 0.237 e. The zero-order chi connectivity index (χ0) is 19.4. The van der Waals surface area contributed by atoms with Crippen LogP contribution in [0.15, 0.2) is 53.7 Å². The molecule has 0 aliphatic rings. The van der Waals surface area contributed by atoms with Crippen LogP contribution in [0.5, 0.6) is 5.75 Å². The van der Waals surface area contributed by atoms with E-state index in [2.05, 4.69) is 15.5 Å². The Labute approximate surface area is 161 Å². The summed E-state index contributed by atoms with van der Waals surface area (Å²) >= 11 is 1.24. The molecule has 7 nitrogen and oxygen atoms in total. The number of nitrogen functional groups attached to an aromatic ring is 1. The number of carbonyl (C=O) groups is 1. The number of thioether (sulfide) groups is 1. The molecule has 0 spiro atoms. The second-order valence-corrected chi connectivity index (χ2v) is 7.25. The molecule has 1 unspecified atom stereocenters. The van der Waals surface area contributed by atoms with Gasteiger partial charge >= 0.3 is 0 Å². The van der Waals surface area contributed by atoms with Gasteiger partial charge in [0.05, 0.1) is 17.9 Å². The van der Waals surface area contributed by atoms with Crippen LogP contribution >= 0.6 is 11.8 Å². The highest BCUT2D eigenvalue weighted by molar-refractivity contribution is 8.00. The topological polar surface area (TPSA) is 95.1 Å². The van der Waals surface area contributed by atoms with Crippen molar-refractivity contribution in [3.8, 4) is 17.1 Å². The van der Waals surface area contributed by atoms with Gasteiger partial charge in [-0.1, -0.05) is 42.1 Å². The van der Waals surface area contributed by atoms with Gasteiger partial charge in [0.15, 0.2) is 5.82 Å². The number of methoxy groups -OCH3 is 1. The van der Waals surface area contributed by atoms with Crippen molar-refractivity contribution in [3.05, 3.63) is 54.1 Å². The lowest BCUT2D eigenvalue weighted by atomic mass is 10.2. The average Bonchev–Trinajstić information content (AvgIpc) is 3.03. The molecule has 3 aromatic rings. The van der Waals surface area contributed by atoms with Gasteiger partial charge in [0.2, 0.25) is 11.1 Å². The second kappa shape index (κ2) is 8.13. The summed E-state index contributed by atoms with van der Waals surface area (Å²) in [6, 6.07) is 15.1. The number of hydrogen-bond acceptors (Lipinski definition) is 6. The first-order chi connectivity index (χ1) is 13.0. The van der Waals surface area contributed by atoms with Gasteiger partial charge in [0.1, 0.15) is 5.75 Å². The van der Waals surface area contributed by atoms with Crippen molar-refractivity contribution in [1.29, 1.82) is 0 Å². The van der Waals surface area contributed by atoms with E-state index in [4.69, 9.17) is 10.6 Å². The summed E-state index contributed by atoms with van der Waals surface area (Å²) in [5.41, 5.74) is 2.53. The number of aryl methyl sites for hydroxylation is 1. The summed E-state index contributed by atoms with van der Waals surface area (Å²) < 4.78 is 6.73. The third-order valence-corrected chi connectivity index (χ3v) is 5.12. The van der Waals surface area contributed by atoms with Crippen LogP contribution in [0.4, 0.5) is 5.69 Å². The van der Waals surface area contributed by atoms with Crippen molar-refractivity contribution in [2.24, 2.45) is 0 Å². The lowest BCUT2D eigenvalue weighted by Gasteiger charge is -2.13. The van der Waals surface area contributed by atoms with E-state index in [0.717, 1.165) is 16.8 Å². The number of carbonyl (C=O) groups excluding carboxylic acids is 1. The molecule has 0 aliphatic heterocycles. The standard InChI is InChI=1S/C19H21N5O2S/c1-12-8-4-6-10-15(12)21-18(25)13(2)27-19-23-22-17(24(19)20)14-9-5-7-11-16(14)26-3/h4-11,13H,20H2,1-3H3,(H,21,25). The lowest BCUT2D eigenvalue weighted by Crippen LogP contribution is -2.24. The minimum Gasteiger partial charge on any atom is -0.496 e. The Bertz CT molecular complexity index is 957. The van der Waals surface area contributed by atoms with Crippen LogP contribution < -0.4 is 15.9 Å². The van der Waals surface area contributed by atoms with Crippen molar-refractivity contribution in [3.63, 3.8) is 0 Å². The van der Waals surface area contributed by atoms with Crippen molar-refractivity contribution in [1.82, 2.24) is 14.9 Å². The molecule has 0 saturated carbocycles. The third-order valence-electron chi connectivity index (χ3n) is 4.07. The minimum atomic E-state index is -0.401. The summed E-state index contributed by atoms with van der Waals surface area (Å²) in [5.74, 6) is 7.16. The Morgan fingerprint density at radius 3 is 2.63 bits per heavy atom. The second-order valence-electron chi connectivity index (χ2n) is 5.94. The lowest BCUT2D eigenvalue weighted by molar-refractivity contribution is -0.115. The SMILES string of the molecule is COc1ccccc1-c1nnc(SC(C)C(=O)Nc2ccccc2C)n1N. The smallest absolute Gasteiger partial charge is 0.237 e. The van der Waals surface area contributed by atoms with Crippen LogP contribution in [0.25, 0.3) is 11.4 Å². The molecular formula is C19H21N5O2S. The monoisotopic (exact) mass is 383 g/mol. The van der Waals surface area contributed by atoms with Gasteiger partial charge in [-0.2, -0.15) is 0 Å². The van der Waals surface area contributed by atoms with E-state index in [0.29, 0.717) is 16.7 Å². The molecule has 0 fully saturated rings. The van der Waals surface area contributed by atoms with Crippen molar-refractivity contribution in [2.75, 3.05) is 18.3 Å². The zero-order valence-electron chi connectivity index (χ0n) is 15.3. The number of ether oxygens (including phenoxy) is 1. The molecule has 1 amide bonds. The number of amides is 1. The number of hydrogen-bond donors (Lipinski definition) is 2. The number of nitrogens with two attached hydrogens (primary N) is 1. The predicted octanol–water partition coefficient (Wildman–Crippen LogP) is 3.10. The molecule has 0 bridgehead atoms. The molecule has 1 aromatic heterocycles. The van der Waals surface area contributed by atoms with Crippen LogP contribution in [0, 0.1) is 6.92 Å². The predicted molar refractivity (Wildman–Crippen MR) is 107 cm³/mol. The molecule has 1 atom stereocenters. The molecule has 27 heavy (non-hydrogen) atoms. The number of nitrogens with one attached hydrogen (secondary N) is 1. The van der Waals surface area contributed by atoms with Crippen molar-refractivity contribution >= 4 is 23.4 Å². The Hall–Kier alpha value is -3.00. The van der Waals surface area contributed by atoms with E-state index >= 15 is 0 Å². The zero-order valence-corrected chi connectivity index (χ0v) is 16.2. The number of para-hydroxylation sites is 2. The van der Waals surface area contributed by atoms with Gasteiger partial charge in [-0.15, -0.1) is 10.2 Å². The maximum atomic E-state index is 12.5. The van der Waals surface area contributed by atoms with Crippen molar-refractivity contribution < 1.29 is 9.53 Å².